The van der Waals surface area contributed by atoms with Crippen LogP contribution in [0.15, 0.2) is 0 Å². The van der Waals surface area contributed by atoms with Crippen LogP contribution >= 0.6 is 0 Å². The molecule has 3 rings (SSSR count). The van der Waals surface area contributed by atoms with E-state index in [9.17, 15) is 0 Å². The minimum atomic E-state index is 0.429. The fraction of sp³-hybridized carbons (Fsp3) is 1.00. The van der Waals surface area contributed by atoms with Crippen molar-refractivity contribution in [3.8, 4) is 0 Å². The van der Waals surface area contributed by atoms with Crippen LogP contribution in [0.3, 0.4) is 0 Å². The topological polar surface area (TPSA) is 12.5 Å². The van der Waals surface area contributed by atoms with Crippen LogP contribution in [-0.4, -0.2) is 36.2 Å². The molecule has 2 nitrogen and oxygen atoms in total. The first-order valence-corrected chi connectivity index (χ1v) is 8.12. The van der Waals surface area contributed by atoms with Crippen LogP contribution in [0.25, 0.3) is 0 Å². The van der Waals surface area contributed by atoms with Crippen molar-refractivity contribution in [1.82, 2.24) is 4.90 Å². The number of nitrogens with zero attached hydrogens (tertiary/aromatic N) is 1. The van der Waals surface area contributed by atoms with Crippen LogP contribution in [0.1, 0.15) is 58.8 Å². The molecule has 104 valence electrons. The van der Waals surface area contributed by atoms with Gasteiger partial charge in [0.25, 0.3) is 0 Å². The third kappa shape index (κ3) is 2.75. The largest absolute Gasteiger partial charge is 0.373 e. The Bertz CT molecular complexity index is 270. The SMILES string of the molecule is CC1CN(C2CCC3CCCCC3C2)CC(C)O1. The average molecular weight is 251 g/mol. The van der Waals surface area contributed by atoms with Crippen molar-refractivity contribution in [2.24, 2.45) is 11.8 Å². The van der Waals surface area contributed by atoms with E-state index in [2.05, 4.69) is 18.7 Å². The van der Waals surface area contributed by atoms with Crippen molar-refractivity contribution < 1.29 is 4.74 Å². The van der Waals surface area contributed by atoms with Gasteiger partial charge < -0.3 is 4.74 Å². The standard InChI is InChI=1S/C16H29NO/c1-12-10-17(11-13(2)18-12)16-8-7-14-5-3-4-6-15(14)9-16/h12-16H,3-11H2,1-2H3. The van der Waals surface area contributed by atoms with Gasteiger partial charge in [0, 0.05) is 19.1 Å². The van der Waals surface area contributed by atoms with E-state index in [1.807, 2.05) is 0 Å². The molecule has 2 saturated carbocycles. The second-order valence-electron chi connectivity index (χ2n) is 6.98. The van der Waals surface area contributed by atoms with Gasteiger partial charge in [-0.3, -0.25) is 4.90 Å². The Morgan fingerprint density at radius 3 is 2.22 bits per heavy atom. The van der Waals surface area contributed by atoms with Gasteiger partial charge in [-0.25, -0.2) is 0 Å². The van der Waals surface area contributed by atoms with Crippen LogP contribution < -0.4 is 0 Å². The summed E-state index contributed by atoms with van der Waals surface area (Å²) in [5.41, 5.74) is 0. The number of rotatable bonds is 1. The summed E-state index contributed by atoms with van der Waals surface area (Å²) in [6.07, 6.45) is 11.3. The van der Waals surface area contributed by atoms with Gasteiger partial charge in [0.2, 0.25) is 0 Å². The monoisotopic (exact) mass is 251 g/mol. The summed E-state index contributed by atoms with van der Waals surface area (Å²) in [6, 6.07) is 0.859. The molecule has 0 aromatic heterocycles. The zero-order chi connectivity index (χ0) is 12.5. The lowest BCUT2D eigenvalue weighted by atomic mass is 9.69. The summed E-state index contributed by atoms with van der Waals surface area (Å²) in [5, 5.41) is 0. The van der Waals surface area contributed by atoms with Gasteiger partial charge in [0.1, 0.15) is 0 Å². The van der Waals surface area contributed by atoms with Crippen molar-refractivity contribution in [1.29, 1.82) is 0 Å². The van der Waals surface area contributed by atoms with Gasteiger partial charge in [-0.15, -0.1) is 0 Å². The molecule has 1 heterocycles. The lowest BCUT2D eigenvalue weighted by Gasteiger charge is -2.46. The molecule has 0 radical (unpaired) electrons. The maximum absolute atomic E-state index is 5.87. The Labute approximate surface area is 112 Å². The van der Waals surface area contributed by atoms with E-state index in [1.54, 1.807) is 0 Å². The minimum Gasteiger partial charge on any atom is -0.373 e. The number of hydrogen-bond acceptors (Lipinski definition) is 2. The molecule has 0 N–H and O–H groups in total. The summed E-state index contributed by atoms with van der Waals surface area (Å²) >= 11 is 0. The molecule has 0 spiro atoms. The number of fused-ring (bicyclic) bond motifs is 1. The quantitative estimate of drug-likeness (QED) is 0.707. The predicted octanol–water partition coefficient (Wildman–Crippen LogP) is 3.45. The zero-order valence-electron chi connectivity index (χ0n) is 12.1. The van der Waals surface area contributed by atoms with Crippen LogP contribution in [0.2, 0.25) is 0 Å². The third-order valence-electron chi connectivity index (χ3n) is 5.48. The smallest absolute Gasteiger partial charge is 0.0678 e. The molecule has 3 aliphatic rings. The van der Waals surface area contributed by atoms with E-state index in [0.29, 0.717) is 12.2 Å². The highest BCUT2D eigenvalue weighted by molar-refractivity contribution is 4.89. The highest BCUT2D eigenvalue weighted by Crippen LogP contribution is 2.42. The van der Waals surface area contributed by atoms with Crippen LogP contribution in [0, 0.1) is 11.8 Å². The van der Waals surface area contributed by atoms with E-state index >= 15 is 0 Å². The van der Waals surface area contributed by atoms with Gasteiger partial charge in [-0.1, -0.05) is 25.7 Å². The molecule has 5 atom stereocenters. The molecule has 1 saturated heterocycles. The molecule has 2 heteroatoms. The van der Waals surface area contributed by atoms with E-state index in [0.717, 1.165) is 31.0 Å². The number of hydrogen-bond donors (Lipinski definition) is 0. The minimum absolute atomic E-state index is 0.429. The maximum Gasteiger partial charge on any atom is 0.0678 e. The van der Waals surface area contributed by atoms with E-state index < -0.39 is 0 Å². The van der Waals surface area contributed by atoms with Crippen molar-refractivity contribution in [3.05, 3.63) is 0 Å². The van der Waals surface area contributed by atoms with E-state index in [1.165, 1.54) is 44.9 Å². The second-order valence-corrected chi connectivity index (χ2v) is 6.98. The Hall–Kier alpha value is -0.0800. The molecule has 2 aliphatic carbocycles. The molecule has 0 aromatic carbocycles. The maximum atomic E-state index is 5.87. The summed E-state index contributed by atoms with van der Waals surface area (Å²) in [7, 11) is 0. The predicted molar refractivity (Wildman–Crippen MR) is 74.7 cm³/mol. The Morgan fingerprint density at radius 1 is 0.833 bits per heavy atom. The first-order chi connectivity index (χ1) is 8.72. The third-order valence-corrected chi connectivity index (χ3v) is 5.48. The Kier molecular flexibility index (Phi) is 3.95. The lowest BCUT2D eigenvalue weighted by molar-refractivity contribution is -0.0898. The molecule has 0 amide bonds. The molecular weight excluding hydrogens is 222 g/mol. The van der Waals surface area contributed by atoms with Gasteiger partial charge in [-0.05, 0) is 44.9 Å². The molecule has 0 bridgehead atoms. The van der Waals surface area contributed by atoms with Crippen LogP contribution in [0.5, 0.6) is 0 Å². The molecule has 0 aromatic rings. The van der Waals surface area contributed by atoms with Gasteiger partial charge in [-0.2, -0.15) is 0 Å². The van der Waals surface area contributed by atoms with Gasteiger partial charge >= 0.3 is 0 Å². The molecular formula is C16H29NO. The summed E-state index contributed by atoms with van der Waals surface area (Å²) in [4.78, 5) is 2.74. The van der Waals surface area contributed by atoms with Crippen LogP contribution in [-0.2, 0) is 4.74 Å². The molecule has 3 fully saturated rings. The first-order valence-electron chi connectivity index (χ1n) is 8.12. The summed E-state index contributed by atoms with van der Waals surface area (Å²) < 4.78 is 5.87. The fourth-order valence-corrected chi connectivity index (χ4v) is 4.70. The summed E-state index contributed by atoms with van der Waals surface area (Å²) in [6.45, 7) is 6.78. The van der Waals surface area contributed by atoms with E-state index in [-0.39, 0.29) is 0 Å². The Balaban J connectivity index is 1.59. The van der Waals surface area contributed by atoms with Crippen molar-refractivity contribution in [2.45, 2.75) is 77.0 Å². The molecule has 18 heavy (non-hydrogen) atoms. The first kappa shape index (κ1) is 12.9. The molecule has 1 aliphatic heterocycles. The van der Waals surface area contributed by atoms with Gasteiger partial charge in [0.15, 0.2) is 0 Å². The van der Waals surface area contributed by atoms with Crippen molar-refractivity contribution in [2.75, 3.05) is 13.1 Å². The zero-order valence-corrected chi connectivity index (χ0v) is 12.1. The Morgan fingerprint density at radius 2 is 1.50 bits per heavy atom. The second kappa shape index (κ2) is 5.50. The number of morpholine rings is 1. The molecule has 5 unspecified atom stereocenters. The highest BCUT2D eigenvalue weighted by Gasteiger charge is 2.36. The van der Waals surface area contributed by atoms with Gasteiger partial charge in [0.05, 0.1) is 12.2 Å². The summed E-state index contributed by atoms with van der Waals surface area (Å²) in [5.74, 6) is 2.12. The average Bonchev–Trinajstić information content (AvgIpc) is 2.37. The lowest BCUT2D eigenvalue weighted by Crippen LogP contribution is -2.52. The van der Waals surface area contributed by atoms with Crippen molar-refractivity contribution in [3.63, 3.8) is 0 Å². The highest BCUT2D eigenvalue weighted by atomic mass is 16.5. The normalized spacial score (nSPS) is 46.7. The van der Waals surface area contributed by atoms with E-state index in [4.69, 9.17) is 4.74 Å². The number of ether oxygens (including phenoxy) is 1. The fourth-order valence-electron chi connectivity index (χ4n) is 4.70. The van der Waals surface area contributed by atoms with Crippen molar-refractivity contribution >= 4 is 0 Å². The van der Waals surface area contributed by atoms with Crippen LogP contribution in [0.4, 0.5) is 0 Å².